The zero-order valence-corrected chi connectivity index (χ0v) is 21.4. The lowest BCUT2D eigenvalue weighted by atomic mass is 10.1. The average Bonchev–Trinajstić information content (AvgIpc) is 3.67. The minimum absolute atomic E-state index is 0.637. The molecule has 9 aromatic rings. The Kier molecular flexibility index (Phi) is 4.18. The van der Waals surface area contributed by atoms with Gasteiger partial charge >= 0.3 is 0 Å². The van der Waals surface area contributed by atoms with Gasteiger partial charge < -0.3 is 4.42 Å². The molecule has 0 bridgehead atoms. The molecule has 0 radical (unpaired) electrons. The minimum atomic E-state index is 0.637. The summed E-state index contributed by atoms with van der Waals surface area (Å²) >= 11 is 1.77. The van der Waals surface area contributed by atoms with Crippen LogP contribution < -0.4 is 0 Å². The van der Waals surface area contributed by atoms with Crippen molar-refractivity contribution in [3.8, 4) is 17.2 Å². The van der Waals surface area contributed by atoms with Crippen molar-refractivity contribution >= 4 is 75.4 Å². The van der Waals surface area contributed by atoms with Crippen molar-refractivity contribution in [1.29, 1.82) is 0 Å². The van der Waals surface area contributed by atoms with Crippen LogP contribution in [0.3, 0.4) is 0 Å². The molecule has 0 saturated heterocycles. The van der Waals surface area contributed by atoms with Crippen LogP contribution in [0.4, 0.5) is 0 Å². The average molecular weight is 518 g/mol. The molecule has 0 saturated carbocycles. The van der Waals surface area contributed by atoms with Crippen LogP contribution in [0.1, 0.15) is 0 Å². The molecule has 0 N–H and O–H groups in total. The molecule has 0 unspecified atom stereocenters. The van der Waals surface area contributed by atoms with Crippen LogP contribution in [0.5, 0.6) is 0 Å². The van der Waals surface area contributed by atoms with Crippen molar-refractivity contribution in [3.63, 3.8) is 0 Å². The molecule has 0 amide bonds. The first-order chi connectivity index (χ1) is 19.3. The number of aromatic nitrogens is 3. The molecule has 0 aliphatic rings. The van der Waals surface area contributed by atoms with Crippen LogP contribution in [-0.2, 0) is 0 Å². The molecule has 4 aromatic heterocycles. The zero-order chi connectivity index (χ0) is 25.5. The monoisotopic (exact) mass is 517 g/mol. The lowest BCUT2D eigenvalue weighted by Gasteiger charge is -2.09. The highest BCUT2D eigenvalue weighted by atomic mass is 32.1. The van der Waals surface area contributed by atoms with Crippen molar-refractivity contribution in [2.45, 2.75) is 0 Å². The van der Waals surface area contributed by atoms with Crippen molar-refractivity contribution < 1.29 is 4.42 Å². The van der Waals surface area contributed by atoms with Crippen molar-refractivity contribution in [2.24, 2.45) is 0 Å². The third-order valence-electron chi connectivity index (χ3n) is 7.64. The number of furan rings is 1. The van der Waals surface area contributed by atoms with E-state index in [-0.39, 0.29) is 0 Å². The molecule has 0 spiro atoms. The summed E-state index contributed by atoms with van der Waals surface area (Å²) in [7, 11) is 0. The van der Waals surface area contributed by atoms with Gasteiger partial charge in [0, 0.05) is 37.2 Å². The van der Waals surface area contributed by atoms with E-state index < -0.39 is 0 Å². The lowest BCUT2D eigenvalue weighted by Crippen LogP contribution is -2.02. The van der Waals surface area contributed by atoms with Crippen LogP contribution in [-0.4, -0.2) is 14.5 Å². The summed E-state index contributed by atoms with van der Waals surface area (Å²) in [6, 6.07) is 40.1. The summed E-state index contributed by atoms with van der Waals surface area (Å²) in [6.07, 6.45) is 0. The first kappa shape index (κ1) is 21.0. The Labute approximate surface area is 226 Å². The maximum atomic E-state index is 6.70. The molecule has 9 rings (SSSR count). The van der Waals surface area contributed by atoms with E-state index in [1.165, 1.54) is 26.2 Å². The maximum absolute atomic E-state index is 6.70. The van der Waals surface area contributed by atoms with Crippen LogP contribution in [0, 0.1) is 0 Å². The fourth-order valence-corrected chi connectivity index (χ4v) is 7.09. The molecule has 39 heavy (non-hydrogen) atoms. The number of rotatable bonds is 2. The summed E-state index contributed by atoms with van der Waals surface area (Å²) in [5.74, 6) is 0.637. The van der Waals surface area contributed by atoms with E-state index in [9.17, 15) is 0 Å². The highest BCUT2D eigenvalue weighted by Gasteiger charge is 2.22. The molecule has 0 fully saturated rings. The fraction of sp³-hybridized carbons (Fsp3) is 0. The van der Waals surface area contributed by atoms with Gasteiger partial charge in [0.05, 0.1) is 15.7 Å². The van der Waals surface area contributed by atoms with Gasteiger partial charge in [-0.05, 0) is 24.3 Å². The molecule has 5 heteroatoms. The predicted octanol–water partition coefficient (Wildman–Crippen LogP) is 9.51. The number of hydrogen-bond donors (Lipinski definition) is 0. The van der Waals surface area contributed by atoms with Gasteiger partial charge in [0.1, 0.15) is 11.2 Å². The predicted molar refractivity (Wildman–Crippen MR) is 162 cm³/mol. The summed E-state index contributed by atoms with van der Waals surface area (Å²) < 4.78 is 11.3. The number of para-hydroxylation sites is 2. The highest BCUT2D eigenvalue weighted by Crippen LogP contribution is 2.43. The fourth-order valence-electron chi connectivity index (χ4n) is 5.90. The van der Waals surface area contributed by atoms with Crippen LogP contribution in [0.15, 0.2) is 120 Å². The third-order valence-corrected chi connectivity index (χ3v) is 8.83. The molecule has 182 valence electrons. The summed E-state index contributed by atoms with van der Waals surface area (Å²) in [5.41, 5.74) is 6.37. The van der Waals surface area contributed by atoms with E-state index in [0.29, 0.717) is 11.5 Å². The van der Waals surface area contributed by atoms with Gasteiger partial charge in [-0.2, -0.15) is 0 Å². The van der Waals surface area contributed by atoms with Crippen molar-refractivity contribution in [3.05, 3.63) is 115 Å². The van der Waals surface area contributed by atoms with Gasteiger partial charge in [0.25, 0.3) is 0 Å². The van der Waals surface area contributed by atoms with Crippen molar-refractivity contribution in [2.75, 3.05) is 0 Å². The van der Waals surface area contributed by atoms with E-state index in [4.69, 9.17) is 14.4 Å². The Morgan fingerprint density at radius 2 is 1.18 bits per heavy atom. The molecule has 0 aliphatic heterocycles. The summed E-state index contributed by atoms with van der Waals surface area (Å²) in [6.45, 7) is 0. The van der Waals surface area contributed by atoms with Gasteiger partial charge in [-0.15, -0.1) is 11.3 Å². The molecular weight excluding hydrogens is 498 g/mol. The first-order valence-corrected chi connectivity index (χ1v) is 13.8. The highest BCUT2D eigenvalue weighted by molar-refractivity contribution is 7.26. The molecule has 4 nitrogen and oxygen atoms in total. The Bertz CT molecular complexity index is 2340. The van der Waals surface area contributed by atoms with Gasteiger partial charge in [-0.1, -0.05) is 91.0 Å². The van der Waals surface area contributed by atoms with E-state index >= 15 is 0 Å². The Morgan fingerprint density at radius 3 is 1.95 bits per heavy atom. The smallest absolute Gasteiger partial charge is 0.236 e. The standard InChI is InChI=1S/C34H19N3OS/c1-2-10-20(11-3-1)29-32-30(25-19-18-24-23-14-6-9-17-28(23)39-33(24)31(25)38-32)36-34(35-29)37-26-15-7-4-12-21(26)22-13-5-8-16-27(22)37/h1-19H. The Morgan fingerprint density at radius 1 is 0.538 bits per heavy atom. The van der Waals surface area contributed by atoms with Gasteiger partial charge in [0.2, 0.25) is 5.95 Å². The molecule has 4 heterocycles. The third kappa shape index (κ3) is 2.88. The number of hydrogen-bond acceptors (Lipinski definition) is 4. The maximum Gasteiger partial charge on any atom is 0.236 e. The second-order valence-electron chi connectivity index (χ2n) is 9.80. The molecule has 0 atom stereocenters. The van der Waals surface area contributed by atoms with E-state index in [1.54, 1.807) is 11.3 Å². The second-order valence-corrected chi connectivity index (χ2v) is 10.9. The second kappa shape index (κ2) is 7.76. The summed E-state index contributed by atoms with van der Waals surface area (Å²) in [5, 5.41) is 5.83. The van der Waals surface area contributed by atoms with E-state index in [2.05, 4.69) is 102 Å². The quantitative estimate of drug-likeness (QED) is 0.229. The molecule has 0 aliphatic carbocycles. The largest absolute Gasteiger partial charge is 0.451 e. The minimum Gasteiger partial charge on any atom is -0.451 e. The number of fused-ring (bicyclic) bond motifs is 10. The first-order valence-electron chi connectivity index (χ1n) is 12.9. The molecular formula is C34H19N3OS. The lowest BCUT2D eigenvalue weighted by molar-refractivity contribution is 0.671. The van der Waals surface area contributed by atoms with Gasteiger partial charge in [0.15, 0.2) is 11.2 Å². The van der Waals surface area contributed by atoms with Gasteiger partial charge in [-0.25, -0.2) is 9.97 Å². The Hall–Kier alpha value is -5.00. The van der Waals surface area contributed by atoms with E-state index in [1.807, 2.05) is 18.2 Å². The topological polar surface area (TPSA) is 43.9 Å². The Balaban J connectivity index is 1.45. The van der Waals surface area contributed by atoms with E-state index in [0.717, 1.165) is 43.5 Å². The zero-order valence-electron chi connectivity index (χ0n) is 20.6. The molecule has 5 aromatic carbocycles. The number of benzene rings is 5. The summed E-state index contributed by atoms with van der Waals surface area (Å²) in [4.78, 5) is 10.4. The SMILES string of the molecule is c1ccc(-c2nc(-n3c4ccccc4c4ccccc43)nc3c2oc2c3ccc3c4ccccc4sc32)cc1. The normalized spacial score (nSPS) is 12.1. The number of nitrogens with zero attached hydrogens (tertiary/aromatic N) is 3. The van der Waals surface area contributed by atoms with Crippen LogP contribution >= 0.6 is 11.3 Å². The number of thiophene rings is 1. The van der Waals surface area contributed by atoms with Crippen LogP contribution in [0.2, 0.25) is 0 Å². The van der Waals surface area contributed by atoms with Crippen molar-refractivity contribution in [1.82, 2.24) is 14.5 Å². The van der Waals surface area contributed by atoms with Gasteiger partial charge in [-0.3, -0.25) is 4.57 Å². The van der Waals surface area contributed by atoms with Crippen LogP contribution in [0.25, 0.3) is 81.3 Å².